The number of unbranched alkanes of at least 4 members (excludes halogenated alkanes) is 1. The van der Waals surface area contributed by atoms with Gasteiger partial charge in [-0.15, -0.1) is 0 Å². The van der Waals surface area contributed by atoms with Crippen LogP contribution in [0.4, 0.5) is 0 Å². The van der Waals surface area contributed by atoms with Gasteiger partial charge in [0.15, 0.2) is 0 Å². The lowest BCUT2D eigenvalue weighted by atomic mass is 9.79. The van der Waals surface area contributed by atoms with Gasteiger partial charge in [-0.05, 0) is 217 Å². The van der Waals surface area contributed by atoms with Crippen molar-refractivity contribution in [2.24, 2.45) is 27.4 Å². The smallest absolute Gasteiger partial charge is 0.0651 e. The number of hydrogen-bond acceptors (Lipinski definition) is 15. The van der Waals surface area contributed by atoms with Crippen LogP contribution in [0.2, 0.25) is 0 Å². The molecule has 2 aromatic carbocycles. The molecule has 1 saturated heterocycles. The Morgan fingerprint density at radius 2 is 0.991 bits per heavy atom. The molecular weight excluding hydrogens is 1370 g/mol. The van der Waals surface area contributed by atoms with Crippen LogP contribution in [-0.4, -0.2) is 220 Å². The van der Waals surface area contributed by atoms with Crippen LogP contribution in [0.5, 0.6) is 0 Å². The lowest BCUT2D eigenvalue weighted by Gasteiger charge is -2.35. The first-order valence-corrected chi connectivity index (χ1v) is 43.1. The molecule has 0 bridgehead atoms. The van der Waals surface area contributed by atoms with Gasteiger partial charge >= 0.3 is 0 Å². The van der Waals surface area contributed by atoms with E-state index in [1.807, 2.05) is 24.7 Å². The van der Waals surface area contributed by atoms with E-state index in [-0.39, 0.29) is 0 Å². The van der Waals surface area contributed by atoms with E-state index in [9.17, 15) is 0 Å². The lowest BCUT2D eigenvalue weighted by Crippen LogP contribution is -2.33. The number of aromatic amines is 4. The molecule has 8 N–H and O–H groups in total. The van der Waals surface area contributed by atoms with E-state index in [0.717, 1.165) is 148 Å². The molecule has 0 spiro atoms. The number of aliphatic imine (C=N–C) groups is 2. The highest BCUT2D eigenvalue weighted by atomic mass is 15.2. The van der Waals surface area contributed by atoms with E-state index in [1.54, 1.807) is 0 Å². The van der Waals surface area contributed by atoms with Crippen molar-refractivity contribution in [3.8, 4) is 0 Å². The largest absolute Gasteiger partial charge is 0.375 e. The Morgan fingerprint density at radius 1 is 0.486 bits per heavy atom. The Morgan fingerprint density at radius 3 is 1.57 bits per heavy atom. The number of likely N-dealkylation sites (tertiary alicyclic amines) is 1. The predicted octanol–water partition coefficient (Wildman–Crippen LogP) is 16.7. The molecule has 19 nitrogen and oxygen atoms in total. The number of nitrogens with zero attached hydrogens (tertiary/aromatic N) is 13. The molecule has 7 aliphatic rings. The highest BCUT2D eigenvalue weighted by Crippen LogP contribution is 2.37. The molecule has 4 fully saturated rings. The van der Waals surface area contributed by atoms with Crippen LogP contribution in [0, 0.1) is 5.92 Å². The number of benzene rings is 2. The Hall–Kier alpha value is -7.20. The number of H-pyrrole nitrogens is 4. The SMILES string of the molecule is C=C(Cc1ccccc1)N1CCC(c2[nH]ncc2CN(C)CCCC)CC1.CCCN(C)Cc1[nH]ncc1C1CCCCC1.CCCN(C)Cc1cn[nH]c1C1=CCCC1.CCCN(C)Cc1cn[nH]c1C1CCCC1.CN(CCN)CC1=CCN=C1/C=C/Cc1ccccc1.CN(CCN)CC1=CCN=C1C1CCC1. The Bertz CT molecular complexity index is 3690. The molecule has 3 aliphatic heterocycles. The second-order valence-electron chi connectivity index (χ2n) is 32.6. The molecule has 6 aromatic rings. The fraction of sp³-hybridized carbons (Fsp3) is 0.609. The highest BCUT2D eigenvalue weighted by Gasteiger charge is 2.29. The van der Waals surface area contributed by atoms with E-state index in [1.165, 1.54) is 226 Å². The number of piperidine rings is 1. The number of allylic oxidation sites excluding steroid dienone is 5. The van der Waals surface area contributed by atoms with Gasteiger partial charge in [-0.2, -0.15) is 20.4 Å². The number of aromatic nitrogens is 8. The summed E-state index contributed by atoms with van der Waals surface area (Å²) in [7, 11) is 13.0. The van der Waals surface area contributed by atoms with Crippen molar-refractivity contribution < 1.29 is 0 Å². The number of nitrogens with two attached hydrogens (primary N) is 2. The molecule has 19 heteroatoms. The minimum Gasteiger partial charge on any atom is -0.375 e. The molecule has 0 amide bonds. The normalized spacial score (nSPS) is 16.9. The molecule has 610 valence electrons. The number of hydrogen-bond donors (Lipinski definition) is 6. The topological polar surface area (TPSA) is 214 Å². The van der Waals surface area contributed by atoms with E-state index in [4.69, 9.17) is 11.5 Å². The maximum Gasteiger partial charge on any atom is 0.0651 e. The van der Waals surface area contributed by atoms with Gasteiger partial charge in [0, 0.05) is 142 Å². The molecule has 13 rings (SSSR count). The van der Waals surface area contributed by atoms with Crippen LogP contribution < -0.4 is 11.5 Å². The molecule has 0 atom stereocenters. The van der Waals surface area contributed by atoms with Crippen LogP contribution >= 0.6 is 0 Å². The maximum atomic E-state index is 5.58. The summed E-state index contributed by atoms with van der Waals surface area (Å²) in [6.45, 7) is 31.0. The third-order valence-corrected chi connectivity index (χ3v) is 22.9. The zero-order valence-electron chi connectivity index (χ0n) is 70.7. The minimum absolute atomic E-state index is 0.586. The first-order valence-electron chi connectivity index (χ1n) is 43.1. The molecule has 3 saturated carbocycles. The van der Waals surface area contributed by atoms with Gasteiger partial charge in [0.05, 0.1) is 55.0 Å². The van der Waals surface area contributed by atoms with Crippen LogP contribution in [0.3, 0.4) is 0 Å². The predicted molar refractivity (Wildman–Crippen MR) is 468 cm³/mol. The minimum atomic E-state index is 0.586. The summed E-state index contributed by atoms with van der Waals surface area (Å²) in [6, 6.07) is 21.1. The van der Waals surface area contributed by atoms with Crippen LogP contribution in [0.15, 0.2) is 149 Å². The Balaban J connectivity index is 0.000000169. The second kappa shape index (κ2) is 50.8. The monoisotopic (exact) mass is 1520 g/mol. The zero-order chi connectivity index (χ0) is 78.8. The second-order valence-corrected chi connectivity index (χ2v) is 32.6. The fourth-order valence-corrected chi connectivity index (χ4v) is 16.6. The molecular formula is C92H147N19. The number of rotatable bonds is 36. The van der Waals surface area contributed by atoms with Gasteiger partial charge in [0.1, 0.15) is 0 Å². The van der Waals surface area contributed by atoms with Crippen LogP contribution in [0.25, 0.3) is 5.57 Å². The summed E-state index contributed by atoms with van der Waals surface area (Å²) in [5.74, 6) is 2.85. The molecule has 0 unspecified atom stereocenters. The van der Waals surface area contributed by atoms with Crippen molar-refractivity contribution in [3.63, 3.8) is 0 Å². The van der Waals surface area contributed by atoms with Crippen molar-refractivity contribution in [3.05, 3.63) is 195 Å². The molecule has 4 aromatic heterocycles. The average Bonchev–Trinajstić information content (AvgIpc) is 1.76. The van der Waals surface area contributed by atoms with Gasteiger partial charge in [0.2, 0.25) is 0 Å². The van der Waals surface area contributed by atoms with E-state index >= 15 is 0 Å². The lowest BCUT2D eigenvalue weighted by molar-refractivity contribution is 0.255. The zero-order valence-corrected chi connectivity index (χ0v) is 70.7. The summed E-state index contributed by atoms with van der Waals surface area (Å²) >= 11 is 0. The first kappa shape index (κ1) is 89.4. The van der Waals surface area contributed by atoms with Crippen molar-refractivity contribution in [1.82, 2.24) is 75.1 Å². The number of likely N-dealkylation sites (N-methyl/N-ethyl adjacent to an activating group) is 2. The van der Waals surface area contributed by atoms with E-state index in [2.05, 4.69) is 253 Å². The summed E-state index contributed by atoms with van der Waals surface area (Å²) < 4.78 is 0. The molecule has 0 radical (unpaired) electrons. The third kappa shape index (κ3) is 30.9. The summed E-state index contributed by atoms with van der Waals surface area (Å²) in [6.07, 6.45) is 49.7. The summed E-state index contributed by atoms with van der Waals surface area (Å²) in [5, 5.41) is 29.9. The van der Waals surface area contributed by atoms with Crippen molar-refractivity contribution in [1.29, 1.82) is 0 Å². The third-order valence-electron chi connectivity index (χ3n) is 22.9. The molecule has 4 aliphatic carbocycles. The average molecular weight is 1520 g/mol. The standard InChI is InChI=1S/C23H34N4.C17H23N3.C14H25N3.C13H23N3.C13H21N3.C12H21N3/c1-4-5-13-26(3)18-22-17-24-25-23(22)21-11-14-27(15-12-21)19(2)16-20-9-7-6-8-10-20;1-20(13-11-18)14-16-10-12-19-17(16)9-5-8-15-6-3-2-4-7-15;1-3-9-17(2)11-14-13(10-15-16-14)12-7-5-4-6-8-12;2*1-3-8-16(2)10-12-9-14-15-13(12)11-6-4-5-7-11;1-15(8-6-13)9-11-5-7-14-12(11)10-3-2-4-10/h6-10,17,21H,2,4-5,11-16,18H2,1,3H3,(H,24,25);2-7,9-10H,8,11-14,18H2,1H3;10,12H,3-9,11H2,1-2H3,(H,15,16);9,11H,3-8,10H2,1-2H3,(H,14,15);6,9H,3-5,7-8,10H2,1-2H3,(H,14,15);5,10H,2-4,6-9,13H2,1H3/b;9-5+;;;;. The number of nitrogens with one attached hydrogen (secondary N) is 4. The van der Waals surface area contributed by atoms with E-state index in [0.29, 0.717) is 12.5 Å². The summed E-state index contributed by atoms with van der Waals surface area (Å²) in [5.41, 5.74) is 32.7. The quantitative estimate of drug-likeness (QED) is 0.0216. The van der Waals surface area contributed by atoms with Gasteiger partial charge in [-0.25, -0.2) is 0 Å². The van der Waals surface area contributed by atoms with Crippen molar-refractivity contribution in [2.75, 3.05) is 134 Å². The maximum absolute atomic E-state index is 5.58. The summed E-state index contributed by atoms with van der Waals surface area (Å²) in [4.78, 5) is 25.7. The van der Waals surface area contributed by atoms with Crippen molar-refractivity contribution >= 4 is 17.0 Å². The van der Waals surface area contributed by atoms with Crippen molar-refractivity contribution in [2.45, 2.75) is 226 Å². The highest BCUT2D eigenvalue weighted by molar-refractivity contribution is 6.10. The van der Waals surface area contributed by atoms with Gasteiger partial charge in [-0.1, -0.05) is 164 Å². The Kier molecular flexibility index (Phi) is 40.9. The van der Waals surface area contributed by atoms with Gasteiger partial charge in [0.25, 0.3) is 0 Å². The van der Waals surface area contributed by atoms with Crippen LogP contribution in [-0.2, 0) is 39.0 Å². The van der Waals surface area contributed by atoms with E-state index < -0.39 is 0 Å². The van der Waals surface area contributed by atoms with Crippen LogP contribution in [0.1, 0.15) is 243 Å². The van der Waals surface area contributed by atoms with Gasteiger partial charge < -0.3 is 45.8 Å². The molecule has 111 heavy (non-hydrogen) atoms. The van der Waals surface area contributed by atoms with Gasteiger partial charge in [-0.3, -0.25) is 30.4 Å². The molecule has 7 heterocycles. The first-order chi connectivity index (χ1) is 54.2. The fourth-order valence-electron chi connectivity index (χ4n) is 16.6. The Labute approximate surface area is 670 Å².